The third-order valence-corrected chi connectivity index (χ3v) is 3.45. The first-order valence-corrected chi connectivity index (χ1v) is 7.68. The van der Waals surface area contributed by atoms with Crippen molar-refractivity contribution in [3.63, 3.8) is 0 Å². The highest BCUT2D eigenvalue weighted by Gasteiger charge is 2.07. The van der Waals surface area contributed by atoms with Gasteiger partial charge in [-0.05, 0) is 43.7 Å². The van der Waals surface area contributed by atoms with Gasteiger partial charge in [-0.3, -0.25) is 0 Å². The Morgan fingerprint density at radius 2 is 2.10 bits per heavy atom. The minimum Gasteiger partial charge on any atom is -0.464 e. The molecule has 0 aliphatic heterocycles. The summed E-state index contributed by atoms with van der Waals surface area (Å²) in [5, 5.41) is 4.11. The molecule has 0 saturated carbocycles. The maximum absolute atomic E-state index is 5.94. The molecule has 0 aliphatic carbocycles. The number of hydrogen-bond acceptors (Lipinski definition) is 3. The van der Waals surface area contributed by atoms with Gasteiger partial charge in [-0.15, -0.1) is 0 Å². The van der Waals surface area contributed by atoms with Crippen LogP contribution in [0.2, 0.25) is 5.02 Å². The Morgan fingerprint density at radius 3 is 2.86 bits per heavy atom. The minimum absolute atomic E-state index is 0.473. The smallest absolute Gasteiger partial charge is 0.130 e. The lowest BCUT2D eigenvalue weighted by Gasteiger charge is -2.02. The van der Waals surface area contributed by atoms with Crippen molar-refractivity contribution in [1.29, 1.82) is 0 Å². The number of hydrogen-bond donors (Lipinski definition) is 1. The van der Waals surface area contributed by atoms with Crippen LogP contribution in [0, 0.1) is 6.92 Å². The van der Waals surface area contributed by atoms with Gasteiger partial charge < -0.3 is 14.5 Å². The van der Waals surface area contributed by atoms with E-state index in [4.69, 9.17) is 20.8 Å². The number of ether oxygens (including phenoxy) is 1. The van der Waals surface area contributed by atoms with Crippen molar-refractivity contribution in [2.45, 2.75) is 40.0 Å². The van der Waals surface area contributed by atoms with E-state index in [2.05, 4.69) is 18.3 Å². The zero-order chi connectivity index (χ0) is 15.1. The molecular formula is C17H22ClNO2. The normalized spacial score (nSPS) is 11.0. The molecule has 0 bridgehead atoms. The lowest BCUT2D eigenvalue weighted by Crippen LogP contribution is -2.13. The van der Waals surface area contributed by atoms with Gasteiger partial charge in [-0.25, -0.2) is 0 Å². The van der Waals surface area contributed by atoms with Crippen LogP contribution < -0.4 is 5.32 Å². The summed E-state index contributed by atoms with van der Waals surface area (Å²) in [6.45, 7) is 7.02. The minimum atomic E-state index is 0.473. The second-order valence-electron chi connectivity index (χ2n) is 5.09. The van der Waals surface area contributed by atoms with Gasteiger partial charge in [0.05, 0.1) is 6.61 Å². The number of aryl methyl sites for hydroxylation is 1. The standard InChI is InChI=1S/C17H22ClNO2/c1-3-7-19-10-15-9-17(21-13(15)2)12-20-11-14-5-4-6-16(18)8-14/h4-6,8-9,19H,3,7,10-12H2,1-2H3. The van der Waals surface area contributed by atoms with E-state index in [-0.39, 0.29) is 0 Å². The predicted molar refractivity (Wildman–Crippen MR) is 85.4 cm³/mol. The average Bonchev–Trinajstić information content (AvgIpc) is 2.80. The number of rotatable bonds is 8. The van der Waals surface area contributed by atoms with Crippen LogP contribution in [-0.4, -0.2) is 6.54 Å². The monoisotopic (exact) mass is 307 g/mol. The van der Waals surface area contributed by atoms with Crippen LogP contribution in [0.15, 0.2) is 34.7 Å². The molecule has 1 aromatic carbocycles. The molecule has 3 nitrogen and oxygen atoms in total. The Hall–Kier alpha value is -1.29. The van der Waals surface area contributed by atoms with E-state index in [1.807, 2.05) is 31.2 Å². The fourth-order valence-corrected chi connectivity index (χ4v) is 2.34. The first-order chi connectivity index (χ1) is 10.2. The van der Waals surface area contributed by atoms with Gasteiger partial charge in [0.1, 0.15) is 18.1 Å². The van der Waals surface area contributed by atoms with E-state index in [1.165, 1.54) is 5.56 Å². The summed E-state index contributed by atoms with van der Waals surface area (Å²) in [4.78, 5) is 0. The molecule has 2 aromatic rings. The second kappa shape index (κ2) is 8.23. The molecule has 21 heavy (non-hydrogen) atoms. The van der Waals surface area contributed by atoms with Gasteiger partial charge in [0, 0.05) is 17.1 Å². The number of benzene rings is 1. The third-order valence-electron chi connectivity index (χ3n) is 3.22. The zero-order valence-corrected chi connectivity index (χ0v) is 13.4. The molecular weight excluding hydrogens is 286 g/mol. The predicted octanol–water partition coefficient (Wildman–Crippen LogP) is 4.46. The van der Waals surface area contributed by atoms with Crippen molar-refractivity contribution in [2.75, 3.05) is 6.54 Å². The second-order valence-corrected chi connectivity index (χ2v) is 5.53. The SMILES string of the molecule is CCCNCc1cc(COCc2cccc(Cl)c2)oc1C. The molecule has 0 fully saturated rings. The zero-order valence-electron chi connectivity index (χ0n) is 12.6. The Bertz CT molecular complexity index is 566. The number of furan rings is 1. The van der Waals surface area contributed by atoms with Crippen LogP contribution in [0.5, 0.6) is 0 Å². The van der Waals surface area contributed by atoms with E-state index in [9.17, 15) is 0 Å². The van der Waals surface area contributed by atoms with Crippen molar-refractivity contribution in [3.8, 4) is 0 Å². The molecule has 0 radical (unpaired) electrons. The Morgan fingerprint density at radius 1 is 1.24 bits per heavy atom. The Kier molecular flexibility index (Phi) is 6.30. The van der Waals surface area contributed by atoms with Crippen molar-refractivity contribution < 1.29 is 9.15 Å². The highest BCUT2D eigenvalue weighted by Crippen LogP contribution is 2.17. The summed E-state index contributed by atoms with van der Waals surface area (Å²) in [6.07, 6.45) is 1.13. The Balaban J connectivity index is 1.82. The number of halogens is 1. The van der Waals surface area contributed by atoms with Crippen LogP contribution in [0.1, 0.15) is 36.0 Å². The summed E-state index contributed by atoms with van der Waals surface area (Å²) in [5.74, 6) is 1.82. The lowest BCUT2D eigenvalue weighted by molar-refractivity contribution is 0.0924. The van der Waals surface area contributed by atoms with E-state index in [0.717, 1.165) is 41.6 Å². The van der Waals surface area contributed by atoms with Crippen LogP contribution in [-0.2, 0) is 24.5 Å². The molecule has 1 N–H and O–H groups in total. The molecule has 1 heterocycles. The average molecular weight is 308 g/mol. The molecule has 114 valence electrons. The maximum atomic E-state index is 5.94. The van der Waals surface area contributed by atoms with Crippen molar-refractivity contribution in [2.24, 2.45) is 0 Å². The van der Waals surface area contributed by atoms with E-state index < -0.39 is 0 Å². The fourth-order valence-electron chi connectivity index (χ4n) is 2.13. The molecule has 4 heteroatoms. The largest absolute Gasteiger partial charge is 0.464 e. The lowest BCUT2D eigenvalue weighted by atomic mass is 10.2. The molecule has 0 unspecified atom stereocenters. The van der Waals surface area contributed by atoms with Crippen LogP contribution in [0.25, 0.3) is 0 Å². The summed E-state index contributed by atoms with van der Waals surface area (Å²) in [6, 6.07) is 9.76. The first kappa shape index (κ1) is 16.1. The fraction of sp³-hybridized carbons (Fsp3) is 0.412. The number of nitrogens with one attached hydrogen (secondary N) is 1. The molecule has 0 saturated heterocycles. The molecule has 1 aromatic heterocycles. The van der Waals surface area contributed by atoms with Crippen LogP contribution in [0.4, 0.5) is 0 Å². The van der Waals surface area contributed by atoms with E-state index in [0.29, 0.717) is 13.2 Å². The van der Waals surface area contributed by atoms with Crippen LogP contribution >= 0.6 is 11.6 Å². The topological polar surface area (TPSA) is 34.4 Å². The van der Waals surface area contributed by atoms with Gasteiger partial charge in [0.15, 0.2) is 0 Å². The summed E-state index contributed by atoms with van der Waals surface area (Å²) in [5.41, 5.74) is 2.26. The highest BCUT2D eigenvalue weighted by atomic mass is 35.5. The molecule has 0 amide bonds. The van der Waals surface area contributed by atoms with Gasteiger partial charge in [-0.2, -0.15) is 0 Å². The van der Waals surface area contributed by atoms with Gasteiger partial charge in [-0.1, -0.05) is 30.7 Å². The van der Waals surface area contributed by atoms with E-state index in [1.54, 1.807) is 0 Å². The molecule has 0 aliphatic rings. The van der Waals surface area contributed by atoms with Crippen LogP contribution in [0.3, 0.4) is 0 Å². The van der Waals surface area contributed by atoms with Crippen molar-refractivity contribution >= 4 is 11.6 Å². The quantitative estimate of drug-likeness (QED) is 0.731. The summed E-state index contributed by atoms with van der Waals surface area (Å²) >= 11 is 5.94. The van der Waals surface area contributed by atoms with E-state index >= 15 is 0 Å². The van der Waals surface area contributed by atoms with Crippen molar-refractivity contribution in [1.82, 2.24) is 5.32 Å². The third kappa shape index (κ3) is 5.20. The van der Waals surface area contributed by atoms with Gasteiger partial charge in [0.25, 0.3) is 0 Å². The highest BCUT2D eigenvalue weighted by molar-refractivity contribution is 6.30. The Labute approximate surface area is 131 Å². The molecule has 2 rings (SSSR count). The molecule has 0 atom stereocenters. The summed E-state index contributed by atoms with van der Waals surface area (Å²) in [7, 11) is 0. The maximum Gasteiger partial charge on any atom is 0.130 e. The summed E-state index contributed by atoms with van der Waals surface area (Å²) < 4.78 is 11.4. The first-order valence-electron chi connectivity index (χ1n) is 7.30. The molecule has 0 spiro atoms. The van der Waals surface area contributed by atoms with Crippen molar-refractivity contribution in [3.05, 3.63) is 58.0 Å². The van der Waals surface area contributed by atoms with Gasteiger partial charge in [0.2, 0.25) is 0 Å². The van der Waals surface area contributed by atoms with Gasteiger partial charge >= 0.3 is 0 Å².